The molecule has 1 fully saturated rings. The number of aromatic nitrogens is 4. The Hall–Kier alpha value is -4.02. The Morgan fingerprint density at radius 1 is 1.15 bits per heavy atom. The van der Waals surface area contributed by atoms with E-state index in [1.807, 2.05) is 4.90 Å². The monoisotopic (exact) mass is 466 g/mol. The number of ether oxygens (including phenoxy) is 1. The standard InChI is InChI=1S/C23H17F3N6O2/c1-29-18-9-28-23(31-11-27-15-5-2-12(24)8-17(15)31)10-30(23)21(18)32(22(29)33)16-6-7-34-20-14(26)4-3-13(25)19(16)20/h2-5,8-9,11,16H,6-7,10H2,1H3/t16-,23?,30?/m1/s1. The number of anilines is 1. The molecule has 0 N–H and O–H groups in total. The molecule has 1 saturated heterocycles. The number of hydrogen-bond acceptors (Lipinski definition) is 5. The molecule has 4 aromatic rings. The molecule has 0 amide bonds. The van der Waals surface area contributed by atoms with Crippen molar-refractivity contribution in [2.75, 3.05) is 18.1 Å². The summed E-state index contributed by atoms with van der Waals surface area (Å²) in [4.78, 5) is 24.3. The summed E-state index contributed by atoms with van der Waals surface area (Å²) >= 11 is 0. The molecular weight excluding hydrogens is 449 g/mol. The third-order valence-corrected chi connectivity index (χ3v) is 6.93. The van der Waals surface area contributed by atoms with Crippen molar-refractivity contribution in [3.63, 3.8) is 0 Å². The SMILES string of the molecule is Cn1c2c(n([C@@H]3CCOc4c(F)ccc(F)c43)c1=O)N1CC1(n1cnc3ccc(F)cc31)N=C2. The maximum atomic E-state index is 14.9. The quantitative estimate of drug-likeness (QED) is 0.426. The van der Waals surface area contributed by atoms with Gasteiger partial charge in [0.25, 0.3) is 0 Å². The van der Waals surface area contributed by atoms with Crippen LogP contribution in [0.2, 0.25) is 0 Å². The average Bonchev–Trinajstić information content (AvgIpc) is 3.35. The lowest BCUT2D eigenvalue weighted by molar-refractivity contribution is 0.237. The molecule has 2 aromatic carbocycles. The summed E-state index contributed by atoms with van der Waals surface area (Å²) in [5.74, 6) is -2.25. The average molecular weight is 466 g/mol. The number of benzene rings is 2. The first kappa shape index (κ1) is 19.4. The Bertz CT molecular complexity index is 1620. The van der Waals surface area contributed by atoms with E-state index in [4.69, 9.17) is 9.73 Å². The van der Waals surface area contributed by atoms with Crippen LogP contribution >= 0.6 is 0 Å². The predicted octanol–water partition coefficient (Wildman–Crippen LogP) is 2.89. The van der Waals surface area contributed by atoms with Gasteiger partial charge in [-0.1, -0.05) is 0 Å². The zero-order valence-electron chi connectivity index (χ0n) is 17.9. The summed E-state index contributed by atoms with van der Waals surface area (Å²) in [5.41, 5.74) is 1.38. The van der Waals surface area contributed by atoms with Crippen molar-refractivity contribution in [3.05, 3.63) is 75.9 Å². The molecule has 2 atom stereocenters. The molecule has 1 unspecified atom stereocenters. The third kappa shape index (κ3) is 2.31. The van der Waals surface area contributed by atoms with Crippen LogP contribution in [0.3, 0.4) is 0 Å². The van der Waals surface area contributed by atoms with Crippen LogP contribution in [0.25, 0.3) is 11.0 Å². The van der Waals surface area contributed by atoms with E-state index in [2.05, 4.69) is 4.98 Å². The smallest absolute Gasteiger partial charge is 0.330 e. The topological polar surface area (TPSA) is 69.3 Å². The minimum atomic E-state index is -0.917. The van der Waals surface area contributed by atoms with Gasteiger partial charge >= 0.3 is 5.69 Å². The highest BCUT2D eigenvalue weighted by molar-refractivity contribution is 5.90. The number of hydrogen-bond donors (Lipinski definition) is 0. The summed E-state index contributed by atoms with van der Waals surface area (Å²) in [6, 6.07) is 5.64. The van der Waals surface area contributed by atoms with Crippen LogP contribution in [0.1, 0.15) is 23.7 Å². The normalized spacial score (nSPS) is 22.4. The van der Waals surface area contributed by atoms with Crippen molar-refractivity contribution in [1.29, 1.82) is 0 Å². The molecule has 0 bridgehead atoms. The van der Waals surface area contributed by atoms with Gasteiger partial charge in [-0.3, -0.25) is 13.7 Å². The summed E-state index contributed by atoms with van der Waals surface area (Å²) in [6.45, 7) is 0.544. The van der Waals surface area contributed by atoms with Crippen molar-refractivity contribution in [3.8, 4) is 5.75 Å². The number of nitrogens with zero attached hydrogens (tertiary/aromatic N) is 6. The van der Waals surface area contributed by atoms with Crippen molar-refractivity contribution in [1.82, 2.24) is 18.7 Å². The first-order valence-corrected chi connectivity index (χ1v) is 10.8. The lowest BCUT2D eigenvalue weighted by Crippen LogP contribution is -2.33. The highest BCUT2D eigenvalue weighted by Crippen LogP contribution is 2.50. The van der Waals surface area contributed by atoms with Crippen molar-refractivity contribution >= 4 is 23.1 Å². The zero-order valence-corrected chi connectivity index (χ0v) is 17.9. The lowest BCUT2D eigenvalue weighted by Gasteiger charge is -2.29. The van der Waals surface area contributed by atoms with Gasteiger partial charge in [-0.15, -0.1) is 0 Å². The lowest BCUT2D eigenvalue weighted by atomic mass is 9.99. The van der Waals surface area contributed by atoms with Gasteiger partial charge in [-0.2, -0.15) is 0 Å². The van der Waals surface area contributed by atoms with Gasteiger partial charge in [-0.25, -0.2) is 27.9 Å². The Labute approximate surface area is 190 Å². The van der Waals surface area contributed by atoms with E-state index in [-0.39, 0.29) is 23.6 Å². The molecule has 3 aliphatic rings. The molecule has 0 spiro atoms. The van der Waals surface area contributed by atoms with Crippen molar-refractivity contribution in [2.24, 2.45) is 12.0 Å². The van der Waals surface area contributed by atoms with E-state index in [1.165, 1.54) is 21.3 Å². The maximum absolute atomic E-state index is 14.9. The van der Waals surface area contributed by atoms with Gasteiger partial charge in [0, 0.05) is 13.5 Å². The number of aliphatic imine (C=N–C) groups is 1. The largest absolute Gasteiger partial charge is 0.490 e. The highest BCUT2D eigenvalue weighted by atomic mass is 19.1. The molecule has 3 aliphatic heterocycles. The Balaban J connectivity index is 1.42. The second-order valence-electron chi connectivity index (χ2n) is 8.71. The second kappa shape index (κ2) is 6.31. The molecule has 172 valence electrons. The van der Waals surface area contributed by atoms with Crippen molar-refractivity contribution in [2.45, 2.75) is 18.2 Å². The molecule has 0 saturated carbocycles. The van der Waals surface area contributed by atoms with E-state index in [1.54, 1.807) is 30.2 Å². The Morgan fingerprint density at radius 2 is 1.97 bits per heavy atom. The summed E-state index contributed by atoms with van der Waals surface area (Å²) in [5, 5.41) is 0. The van der Waals surface area contributed by atoms with E-state index in [0.717, 1.165) is 12.1 Å². The van der Waals surface area contributed by atoms with Gasteiger partial charge in [0.15, 0.2) is 11.6 Å². The van der Waals surface area contributed by atoms with Crippen molar-refractivity contribution < 1.29 is 17.9 Å². The van der Waals surface area contributed by atoms with E-state index >= 15 is 0 Å². The van der Waals surface area contributed by atoms with Gasteiger partial charge in [0.1, 0.15) is 23.1 Å². The van der Waals surface area contributed by atoms with Crippen LogP contribution in [0, 0.1) is 17.5 Å². The first-order chi connectivity index (χ1) is 16.4. The molecule has 11 heteroatoms. The predicted molar refractivity (Wildman–Crippen MR) is 117 cm³/mol. The van der Waals surface area contributed by atoms with Gasteiger partial charge in [0.2, 0.25) is 5.79 Å². The second-order valence-corrected chi connectivity index (χ2v) is 8.71. The number of rotatable bonds is 2. The van der Waals surface area contributed by atoms with E-state index in [9.17, 15) is 18.0 Å². The molecule has 7 rings (SSSR count). The molecule has 8 nitrogen and oxygen atoms in total. The summed E-state index contributed by atoms with van der Waals surface area (Å²) in [6.07, 6.45) is 3.49. The fraction of sp³-hybridized carbons (Fsp3) is 0.261. The van der Waals surface area contributed by atoms with E-state index in [0.29, 0.717) is 35.5 Å². The molecule has 5 heterocycles. The van der Waals surface area contributed by atoms with E-state index < -0.39 is 29.3 Å². The third-order valence-electron chi connectivity index (χ3n) is 6.93. The Morgan fingerprint density at radius 3 is 2.82 bits per heavy atom. The fourth-order valence-electron chi connectivity index (χ4n) is 5.23. The van der Waals surface area contributed by atoms with Crippen LogP contribution in [0.4, 0.5) is 19.0 Å². The number of fused-ring (bicyclic) bond motifs is 5. The number of halogens is 3. The molecule has 0 aliphatic carbocycles. The van der Waals surface area contributed by atoms with Crippen LogP contribution in [0.5, 0.6) is 5.75 Å². The maximum Gasteiger partial charge on any atom is 0.330 e. The number of imidazole rings is 2. The molecular formula is C23H17F3N6O2. The Kier molecular flexibility index (Phi) is 3.61. The first-order valence-electron chi connectivity index (χ1n) is 10.8. The van der Waals surface area contributed by atoms with Crippen LogP contribution in [0.15, 0.2) is 46.4 Å². The van der Waals surface area contributed by atoms with Gasteiger partial charge < -0.3 is 9.64 Å². The highest BCUT2D eigenvalue weighted by Gasteiger charge is 2.59. The molecule has 2 aromatic heterocycles. The van der Waals surface area contributed by atoms with Gasteiger partial charge in [-0.05, 0) is 30.3 Å². The molecule has 34 heavy (non-hydrogen) atoms. The summed E-state index contributed by atoms with van der Waals surface area (Å²) < 4.78 is 53.5. The van der Waals surface area contributed by atoms with Crippen LogP contribution in [-0.4, -0.2) is 38.1 Å². The van der Waals surface area contributed by atoms with Crippen LogP contribution in [-0.2, 0) is 12.8 Å². The summed E-state index contributed by atoms with van der Waals surface area (Å²) in [7, 11) is 1.62. The van der Waals surface area contributed by atoms with Gasteiger partial charge in [0.05, 0.1) is 48.3 Å². The van der Waals surface area contributed by atoms with Crippen LogP contribution < -0.4 is 15.3 Å². The fourth-order valence-corrected chi connectivity index (χ4v) is 5.23. The minimum absolute atomic E-state index is 0.0202. The zero-order chi connectivity index (χ0) is 23.4. The molecule has 0 radical (unpaired) electrons. The minimum Gasteiger partial charge on any atom is -0.490 e.